The van der Waals surface area contributed by atoms with E-state index in [1.807, 2.05) is 26.0 Å². The second kappa shape index (κ2) is 4.72. The van der Waals surface area contributed by atoms with Gasteiger partial charge in [-0.15, -0.1) is 0 Å². The molecule has 2 bridgehead atoms. The second-order valence-electron chi connectivity index (χ2n) is 5.79. The zero-order valence-electron chi connectivity index (χ0n) is 12.0. The fourth-order valence-corrected chi connectivity index (χ4v) is 3.80. The lowest BCUT2D eigenvalue weighted by molar-refractivity contribution is -0.185. The maximum Gasteiger partial charge on any atom is 0.410 e. The molecular weight excluding hydrogens is 262 g/mol. The van der Waals surface area contributed by atoms with Crippen LogP contribution in [0.15, 0.2) is 12.2 Å². The molecule has 0 saturated carbocycles. The van der Waals surface area contributed by atoms with Crippen LogP contribution in [0.4, 0.5) is 4.79 Å². The molecule has 0 aromatic rings. The number of carbonyl (C=O) groups is 1. The number of amides is 1. The SMILES string of the molecule is COC(=O)N1[C@@H]2C=C[C@@]1(C1OCCO1)[C@@H](C)[C@@H](O)[C@H]2C. The van der Waals surface area contributed by atoms with Gasteiger partial charge in [0, 0.05) is 11.8 Å². The Balaban J connectivity index is 2.06. The van der Waals surface area contributed by atoms with Gasteiger partial charge in [-0.3, -0.25) is 4.90 Å². The van der Waals surface area contributed by atoms with Crippen LogP contribution in [0.25, 0.3) is 0 Å². The van der Waals surface area contributed by atoms with Gasteiger partial charge in [0.2, 0.25) is 0 Å². The zero-order chi connectivity index (χ0) is 14.5. The molecule has 3 aliphatic heterocycles. The Morgan fingerprint density at radius 1 is 1.40 bits per heavy atom. The molecule has 0 aliphatic carbocycles. The molecule has 20 heavy (non-hydrogen) atoms. The van der Waals surface area contributed by atoms with E-state index in [1.54, 1.807) is 4.90 Å². The summed E-state index contributed by atoms with van der Waals surface area (Å²) in [5, 5.41) is 10.5. The van der Waals surface area contributed by atoms with Crippen LogP contribution >= 0.6 is 0 Å². The number of methoxy groups -OCH3 is 1. The molecule has 0 aromatic carbocycles. The molecule has 3 heterocycles. The van der Waals surface area contributed by atoms with E-state index in [-0.39, 0.29) is 17.9 Å². The minimum absolute atomic E-state index is 0.0580. The highest BCUT2D eigenvalue weighted by Crippen LogP contribution is 2.49. The van der Waals surface area contributed by atoms with Gasteiger partial charge in [0.25, 0.3) is 0 Å². The van der Waals surface area contributed by atoms with Gasteiger partial charge in [0.1, 0.15) is 5.54 Å². The van der Waals surface area contributed by atoms with E-state index in [1.165, 1.54) is 7.11 Å². The molecule has 2 fully saturated rings. The Kier molecular flexibility index (Phi) is 3.27. The van der Waals surface area contributed by atoms with Gasteiger partial charge in [-0.25, -0.2) is 4.79 Å². The lowest BCUT2D eigenvalue weighted by atomic mass is 9.72. The summed E-state index contributed by atoms with van der Waals surface area (Å²) < 4.78 is 16.3. The number of nitrogens with zero attached hydrogens (tertiary/aromatic N) is 1. The Bertz CT molecular complexity index is 433. The summed E-state index contributed by atoms with van der Waals surface area (Å²) in [5.74, 6) is -0.257. The van der Waals surface area contributed by atoms with E-state index in [0.29, 0.717) is 13.2 Å². The van der Waals surface area contributed by atoms with Crippen LogP contribution in [0, 0.1) is 11.8 Å². The standard InChI is InChI=1S/C14H21NO5/c1-8-10-4-5-14(9(2)11(8)16,12-19-6-7-20-12)15(10)13(17)18-3/h4-5,8-12,16H,6-7H2,1-3H3/t8-,9-,10+,11-,14-/m0/s1. The van der Waals surface area contributed by atoms with Crippen molar-refractivity contribution >= 4 is 6.09 Å². The third-order valence-electron chi connectivity index (χ3n) is 4.97. The van der Waals surface area contributed by atoms with Gasteiger partial charge in [0.05, 0.1) is 32.5 Å². The third kappa shape index (κ3) is 1.58. The van der Waals surface area contributed by atoms with Crippen molar-refractivity contribution in [3.8, 4) is 0 Å². The monoisotopic (exact) mass is 283 g/mol. The number of hydrogen-bond acceptors (Lipinski definition) is 5. The van der Waals surface area contributed by atoms with Crippen LogP contribution in [0.1, 0.15) is 13.8 Å². The summed E-state index contributed by atoms with van der Waals surface area (Å²) in [6.45, 7) is 4.86. The number of ether oxygens (including phenoxy) is 3. The molecule has 0 aromatic heterocycles. The third-order valence-corrected chi connectivity index (χ3v) is 4.97. The molecule has 0 spiro atoms. The highest BCUT2D eigenvalue weighted by atomic mass is 16.7. The van der Waals surface area contributed by atoms with E-state index < -0.39 is 24.0 Å². The fraction of sp³-hybridized carbons (Fsp3) is 0.786. The van der Waals surface area contributed by atoms with Crippen LogP contribution in [-0.2, 0) is 14.2 Å². The number of rotatable bonds is 1. The van der Waals surface area contributed by atoms with Crippen molar-refractivity contribution in [2.24, 2.45) is 11.8 Å². The van der Waals surface area contributed by atoms with Crippen molar-refractivity contribution in [3.05, 3.63) is 12.2 Å². The fourth-order valence-electron chi connectivity index (χ4n) is 3.80. The molecule has 112 valence electrons. The number of aliphatic hydroxyl groups is 1. The van der Waals surface area contributed by atoms with Crippen LogP contribution in [0.5, 0.6) is 0 Å². The Labute approximate surface area is 118 Å². The van der Waals surface area contributed by atoms with E-state index in [9.17, 15) is 9.90 Å². The molecule has 6 nitrogen and oxygen atoms in total. The predicted octanol–water partition coefficient (Wildman–Crippen LogP) is 0.752. The number of piperidine rings is 1. The maximum atomic E-state index is 12.3. The normalized spacial score (nSPS) is 44.1. The highest BCUT2D eigenvalue weighted by molar-refractivity contribution is 5.72. The number of carbonyl (C=O) groups excluding carboxylic acids is 1. The van der Waals surface area contributed by atoms with E-state index in [4.69, 9.17) is 14.2 Å². The largest absolute Gasteiger partial charge is 0.453 e. The molecule has 1 amide bonds. The van der Waals surface area contributed by atoms with Gasteiger partial charge >= 0.3 is 6.09 Å². The summed E-state index contributed by atoms with van der Waals surface area (Å²) in [7, 11) is 1.37. The van der Waals surface area contributed by atoms with Crippen LogP contribution in [0.2, 0.25) is 0 Å². The minimum atomic E-state index is -0.791. The first-order chi connectivity index (χ1) is 9.54. The first-order valence-corrected chi connectivity index (χ1v) is 7.02. The average Bonchev–Trinajstić information content (AvgIpc) is 3.09. The average molecular weight is 283 g/mol. The van der Waals surface area contributed by atoms with Crippen LogP contribution in [-0.4, -0.2) is 60.4 Å². The first-order valence-electron chi connectivity index (χ1n) is 7.02. The van der Waals surface area contributed by atoms with Gasteiger partial charge < -0.3 is 19.3 Å². The van der Waals surface area contributed by atoms with Gasteiger partial charge in [-0.2, -0.15) is 0 Å². The molecule has 2 saturated heterocycles. The van der Waals surface area contributed by atoms with Crippen molar-refractivity contribution in [2.45, 2.75) is 37.8 Å². The lowest BCUT2D eigenvalue weighted by Gasteiger charge is -2.53. The summed E-state index contributed by atoms with van der Waals surface area (Å²) in [5.41, 5.74) is -0.791. The molecule has 3 rings (SSSR count). The zero-order valence-corrected chi connectivity index (χ0v) is 12.0. The summed E-state index contributed by atoms with van der Waals surface area (Å²) in [6.07, 6.45) is 2.41. The van der Waals surface area contributed by atoms with E-state index in [2.05, 4.69) is 0 Å². The van der Waals surface area contributed by atoms with Crippen molar-refractivity contribution in [2.75, 3.05) is 20.3 Å². The smallest absolute Gasteiger partial charge is 0.410 e. The van der Waals surface area contributed by atoms with Gasteiger partial charge in [0.15, 0.2) is 6.29 Å². The summed E-state index contributed by atoms with van der Waals surface area (Å²) in [6, 6.07) is -0.193. The molecular formula is C14H21NO5. The van der Waals surface area contributed by atoms with Crippen molar-refractivity contribution < 1.29 is 24.1 Å². The Morgan fingerprint density at radius 3 is 2.65 bits per heavy atom. The summed E-state index contributed by atoms with van der Waals surface area (Å²) >= 11 is 0. The summed E-state index contributed by atoms with van der Waals surface area (Å²) in [4.78, 5) is 13.9. The maximum absolute atomic E-state index is 12.3. The quantitative estimate of drug-likeness (QED) is 0.719. The molecule has 0 radical (unpaired) electrons. The van der Waals surface area contributed by atoms with Crippen molar-refractivity contribution in [3.63, 3.8) is 0 Å². The van der Waals surface area contributed by atoms with Crippen molar-refractivity contribution in [1.82, 2.24) is 4.90 Å². The number of fused-ring (bicyclic) bond motifs is 2. The van der Waals surface area contributed by atoms with Crippen molar-refractivity contribution in [1.29, 1.82) is 0 Å². The van der Waals surface area contributed by atoms with Crippen LogP contribution in [0.3, 0.4) is 0 Å². The van der Waals surface area contributed by atoms with E-state index >= 15 is 0 Å². The van der Waals surface area contributed by atoms with E-state index in [0.717, 1.165) is 0 Å². The number of aliphatic hydroxyl groups excluding tert-OH is 1. The lowest BCUT2D eigenvalue weighted by Crippen LogP contribution is -2.69. The molecule has 6 heteroatoms. The first kappa shape index (κ1) is 13.9. The topological polar surface area (TPSA) is 68.2 Å². The second-order valence-corrected chi connectivity index (χ2v) is 5.79. The molecule has 1 N–H and O–H groups in total. The molecule has 5 atom stereocenters. The molecule has 3 aliphatic rings. The molecule has 0 unspecified atom stereocenters. The van der Waals surface area contributed by atoms with Gasteiger partial charge in [-0.05, 0) is 0 Å². The Hall–Kier alpha value is -1.11. The Morgan fingerprint density at radius 2 is 2.05 bits per heavy atom. The minimum Gasteiger partial charge on any atom is -0.453 e. The van der Waals surface area contributed by atoms with Crippen LogP contribution < -0.4 is 0 Å². The predicted molar refractivity (Wildman–Crippen MR) is 69.9 cm³/mol. The number of hydrogen-bond donors (Lipinski definition) is 1. The highest BCUT2D eigenvalue weighted by Gasteiger charge is 2.63. The van der Waals surface area contributed by atoms with Gasteiger partial charge in [-0.1, -0.05) is 26.0 Å².